The Bertz CT molecular complexity index is 2600. The van der Waals surface area contributed by atoms with E-state index in [4.69, 9.17) is 13.8 Å². The van der Waals surface area contributed by atoms with Gasteiger partial charge >= 0.3 is 0 Å². The summed E-state index contributed by atoms with van der Waals surface area (Å²) in [6.07, 6.45) is 0. The molecule has 0 aliphatic rings. The van der Waals surface area contributed by atoms with Crippen molar-refractivity contribution in [2.75, 3.05) is 0 Å². The van der Waals surface area contributed by atoms with E-state index in [1.165, 1.54) is 27.9 Å². The van der Waals surface area contributed by atoms with Gasteiger partial charge in [0, 0.05) is 27.6 Å². The number of hydrogen-bond acceptors (Lipinski definition) is 3. The molecule has 3 aromatic heterocycles. The molecule has 0 spiro atoms. The van der Waals surface area contributed by atoms with Gasteiger partial charge < -0.3 is 8.83 Å². The molecule has 3 heterocycles. The van der Waals surface area contributed by atoms with Crippen LogP contribution in [0, 0.1) is 0 Å². The zero-order chi connectivity index (χ0) is 31.8. The van der Waals surface area contributed by atoms with Gasteiger partial charge in [-0.1, -0.05) is 100 Å². The molecule has 0 fully saturated rings. The Labute approximate surface area is 272 Å². The van der Waals surface area contributed by atoms with Crippen LogP contribution in [0.25, 0.3) is 83.1 Å². The molecule has 0 amide bonds. The molecule has 0 atom stereocenters. The van der Waals surface area contributed by atoms with Gasteiger partial charge in [-0.15, -0.1) is 0 Å². The molecule has 228 valence electrons. The molecule has 4 heteroatoms. The van der Waals surface area contributed by atoms with Crippen molar-refractivity contribution in [3.8, 4) is 28.2 Å². The number of nitrogens with zero attached hydrogens (tertiary/aromatic N) is 2. The first-order valence-corrected chi connectivity index (χ1v) is 16.4. The predicted octanol–water partition coefficient (Wildman–Crippen LogP) is 12.4. The molecule has 9 rings (SSSR count). The van der Waals surface area contributed by atoms with Crippen LogP contribution < -0.4 is 0 Å². The summed E-state index contributed by atoms with van der Waals surface area (Å²) < 4.78 is 15.4. The lowest BCUT2D eigenvalue weighted by Gasteiger charge is -2.24. The summed E-state index contributed by atoms with van der Waals surface area (Å²) in [5.41, 5.74) is 12.6. The summed E-state index contributed by atoms with van der Waals surface area (Å²) in [7, 11) is 0. The molecule has 0 aliphatic carbocycles. The lowest BCUT2D eigenvalue weighted by atomic mass is 9.88. The van der Waals surface area contributed by atoms with Gasteiger partial charge in [-0.2, -0.15) is 0 Å². The fourth-order valence-electron chi connectivity index (χ4n) is 7.24. The predicted molar refractivity (Wildman–Crippen MR) is 195 cm³/mol. The number of aromatic nitrogens is 2. The third kappa shape index (κ3) is 4.25. The van der Waals surface area contributed by atoms with E-state index in [-0.39, 0.29) is 11.8 Å². The number of para-hydroxylation sites is 4. The second kappa shape index (κ2) is 10.5. The van der Waals surface area contributed by atoms with Crippen molar-refractivity contribution in [3.05, 3.63) is 132 Å². The van der Waals surface area contributed by atoms with E-state index in [9.17, 15) is 0 Å². The molecule has 0 radical (unpaired) electrons. The Hall–Kier alpha value is -5.61. The van der Waals surface area contributed by atoms with Crippen LogP contribution in [0.3, 0.4) is 0 Å². The Morgan fingerprint density at radius 1 is 0.532 bits per heavy atom. The summed E-state index contributed by atoms with van der Waals surface area (Å²) >= 11 is 0. The average molecular weight is 611 g/mol. The van der Waals surface area contributed by atoms with Gasteiger partial charge in [0.25, 0.3) is 0 Å². The highest BCUT2D eigenvalue weighted by Gasteiger charge is 2.25. The van der Waals surface area contributed by atoms with E-state index in [1.807, 2.05) is 18.2 Å². The van der Waals surface area contributed by atoms with Crippen LogP contribution >= 0.6 is 0 Å². The SMILES string of the molecule is CC(C)c1cc(-c2ccccc2)cc(C(C)C)c1-n1c(-c2cccc3c2oc2cc4oc5ccccc5c4cc23)nc2ccccc21. The van der Waals surface area contributed by atoms with E-state index in [0.29, 0.717) is 0 Å². The number of benzene rings is 6. The Balaban J connectivity index is 1.35. The van der Waals surface area contributed by atoms with Gasteiger partial charge in [0.2, 0.25) is 0 Å². The molecule has 0 N–H and O–H groups in total. The van der Waals surface area contributed by atoms with E-state index in [0.717, 1.165) is 66.3 Å². The van der Waals surface area contributed by atoms with E-state index < -0.39 is 0 Å². The van der Waals surface area contributed by atoms with Crippen LogP contribution in [0.1, 0.15) is 50.7 Å². The first-order chi connectivity index (χ1) is 23.0. The van der Waals surface area contributed by atoms with E-state index in [2.05, 4.69) is 135 Å². The molecule has 0 aliphatic heterocycles. The van der Waals surface area contributed by atoms with Crippen LogP contribution in [-0.4, -0.2) is 9.55 Å². The quantitative estimate of drug-likeness (QED) is 0.195. The maximum atomic E-state index is 6.75. The second-order valence-electron chi connectivity index (χ2n) is 13.2. The molecule has 47 heavy (non-hydrogen) atoms. The van der Waals surface area contributed by atoms with Gasteiger partial charge in [-0.25, -0.2) is 4.98 Å². The van der Waals surface area contributed by atoms with Gasteiger partial charge in [0.1, 0.15) is 28.2 Å². The topological polar surface area (TPSA) is 44.1 Å². The first-order valence-electron chi connectivity index (χ1n) is 16.4. The summed E-state index contributed by atoms with van der Waals surface area (Å²) in [5, 5.41) is 4.34. The fraction of sp³-hybridized carbons (Fsp3) is 0.140. The zero-order valence-electron chi connectivity index (χ0n) is 26.9. The molecule has 4 nitrogen and oxygen atoms in total. The second-order valence-corrected chi connectivity index (χ2v) is 13.2. The number of fused-ring (bicyclic) bond motifs is 7. The molecule has 0 saturated heterocycles. The number of rotatable bonds is 5. The van der Waals surface area contributed by atoms with Gasteiger partial charge in [0.15, 0.2) is 0 Å². The van der Waals surface area contributed by atoms with Crippen molar-refractivity contribution in [1.82, 2.24) is 9.55 Å². The molecular formula is C43H34N2O2. The van der Waals surface area contributed by atoms with Crippen LogP contribution in [0.2, 0.25) is 0 Å². The number of furan rings is 2. The van der Waals surface area contributed by atoms with Crippen LogP contribution in [0.15, 0.2) is 130 Å². The molecular weight excluding hydrogens is 576 g/mol. The van der Waals surface area contributed by atoms with Gasteiger partial charge in [0.05, 0.1) is 22.3 Å². The standard InChI is InChI=1S/C43H34N2O2/c1-25(2)32-21-28(27-13-6-5-7-14-27)22-33(26(3)4)41(32)45-37-19-10-9-18-36(37)44-43(45)31-17-12-16-30-35-23-34-29-15-8-11-20-38(29)46-39(34)24-40(35)47-42(30)31/h5-26H,1-4H3. The maximum absolute atomic E-state index is 6.75. The molecule has 0 unspecified atom stereocenters. The van der Waals surface area contributed by atoms with E-state index in [1.54, 1.807) is 0 Å². The summed E-state index contributed by atoms with van der Waals surface area (Å²) in [6.45, 7) is 9.15. The van der Waals surface area contributed by atoms with Crippen LogP contribution in [0.4, 0.5) is 0 Å². The summed E-state index contributed by atoms with van der Waals surface area (Å²) in [6, 6.07) is 42.8. The van der Waals surface area contributed by atoms with Crippen LogP contribution in [0.5, 0.6) is 0 Å². The summed E-state index contributed by atoms with van der Waals surface area (Å²) in [5.74, 6) is 1.45. The van der Waals surface area contributed by atoms with Gasteiger partial charge in [-0.05, 0) is 76.6 Å². The monoisotopic (exact) mass is 610 g/mol. The molecule has 0 saturated carbocycles. The fourth-order valence-corrected chi connectivity index (χ4v) is 7.24. The molecule has 9 aromatic rings. The Morgan fingerprint density at radius 2 is 1.19 bits per heavy atom. The number of imidazole rings is 1. The van der Waals surface area contributed by atoms with Crippen molar-refractivity contribution < 1.29 is 8.83 Å². The minimum Gasteiger partial charge on any atom is -0.456 e. The van der Waals surface area contributed by atoms with Crippen LogP contribution in [-0.2, 0) is 0 Å². The lowest BCUT2D eigenvalue weighted by Crippen LogP contribution is -2.09. The lowest BCUT2D eigenvalue weighted by molar-refractivity contribution is 0.656. The highest BCUT2D eigenvalue weighted by molar-refractivity contribution is 6.16. The van der Waals surface area contributed by atoms with Crippen molar-refractivity contribution in [1.29, 1.82) is 0 Å². The Morgan fingerprint density at radius 3 is 1.98 bits per heavy atom. The molecule has 6 aromatic carbocycles. The van der Waals surface area contributed by atoms with Crippen molar-refractivity contribution in [3.63, 3.8) is 0 Å². The summed E-state index contributed by atoms with van der Waals surface area (Å²) in [4.78, 5) is 5.33. The minimum absolute atomic E-state index is 0.285. The van der Waals surface area contributed by atoms with Crippen molar-refractivity contribution >= 4 is 54.9 Å². The first kappa shape index (κ1) is 27.7. The normalized spacial score (nSPS) is 12.2. The largest absolute Gasteiger partial charge is 0.456 e. The highest BCUT2D eigenvalue weighted by Crippen LogP contribution is 2.43. The zero-order valence-corrected chi connectivity index (χ0v) is 26.9. The maximum Gasteiger partial charge on any atom is 0.149 e. The third-order valence-corrected chi connectivity index (χ3v) is 9.54. The Kier molecular flexibility index (Phi) is 6.16. The van der Waals surface area contributed by atoms with Crippen molar-refractivity contribution in [2.24, 2.45) is 0 Å². The van der Waals surface area contributed by atoms with E-state index >= 15 is 0 Å². The average Bonchev–Trinajstić information content (AvgIpc) is 3.77. The molecule has 0 bridgehead atoms. The minimum atomic E-state index is 0.285. The van der Waals surface area contributed by atoms with Gasteiger partial charge in [-0.3, -0.25) is 4.57 Å². The highest BCUT2D eigenvalue weighted by atomic mass is 16.3. The number of hydrogen-bond donors (Lipinski definition) is 0. The third-order valence-electron chi connectivity index (χ3n) is 9.54. The van der Waals surface area contributed by atoms with Crippen molar-refractivity contribution in [2.45, 2.75) is 39.5 Å². The smallest absolute Gasteiger partial charge is 0.149 e.